The van der Waals surface area contributed by atoms with Crippen molar-refractivity contribution in [2.75, 3.05) is 0 Å². The van der Waals surface area contributed by atoms with Gasteiger partial charge in [-0.3, -0.25) is 4.98 Å². The molecular weight excluding hydrogens is 1090 g/mol. The Morgan fingerprint density at radius 1 is 0.696 bits per heavy atom. The molecule has 0 unspecified atom stereocenters. The Bertz CT molecular complexity index is 3510. The van der Waals surface area contributed by atoms with Gasteiger partial charge in [0, 0.05) is 36.7 Å². The minimum atomic E-state index is -2.34. The predicted molar refractivity (Wildman–Crippen MR) is 284 cm³/mol. The molecule has 8 heteroatoms. The molecule has 0 amide bonds. The van der Waals surface area contributed by atoms with Crippen molar-refractivity contribution in [1.29, 1.82) is 0 Å². The van der Waals surface area contributed by atoms with Gasteiger partial charge in [0.25, 0.3) is 0 Å². The van der Waals surface area contributed by atoms with Gasteiger partial charge in [-0.1, -0.05) is 111 Å². The molecule has 1 radical (unpaired) electrons. The largest absolute Gasteiger partial charge is 0 e. The predicted octanol–water partition coefficient (Wildman–Crippen LogP) is 16.1. The molecule has 5 nitrogen and oxygen atoms in total. The number of benzene rings is 6. The van der Waals surface area contributed by atoms with E-state index in [2.05, 4.69) is 178 Å². The maximum Gasteiger partial charge on any atom is 0 e. The van der Waals surface area contributed by atoms with Crippen LogP contribution in [0.1, 0.15) is 79.7 Å². The van der Waals surface area contributed by atoms with Gasteiger partial charge in [0.2, 0.25) is 5.71 Å². The quantitative estimate of drug-likeness (QED) is 0.101. The van der Waals surface area contributed by atoms with Crippen LogP contribution in [-0.2, 0) is 26.5 Å². The van der Waals surface area contributed by atoms with Crippen molar-refractivity contribution in [3.8, 4) is 50.7 Å². The second-order valence-corrected chi connectivity index (χ2v) is 30.3. The normalized spacial score (nSPS) is 12.6. The van der Waals surface area contributed by atoms with E-state index in [-0.39, 0.29) is 43.1 Å². The van der Waals surface area contributed by atoms with E-state index in [1.54, 1.807) is 0 Å². The van der Waals surface area contributed by atoms with Gasteiger partial charge in [-0.2, -0.15) is 0 Å². The number of furan rings is 1. The fourth-order valence-electron chi connectivity index (χ4n) is 9.18. The number of halogens is 1. The summed E-state index contributed by atoms with van der Waals surface area (Å²) >= 11 is -2.08. The third kappa shape index (κ3) is 10.2. The number of nitrogens with zero attached hydrogens (tertiary/aromatic N) is 4. The van der Waals surface area contributed by atoms with Gasteiger partial charge in [-0.25, -0.2) is 4.98 Å². The Morgan fingerprint density at radius 2 is 1.36 bits per heavy atom. The molecule has 0 N–H and O–H groups in total. The number of imidazole rings is 1. The standard InChI is InChI=1S/C42H34N3O.C19H25FGeN.Ir/c1-26(2)34-24-30(28-14-7-5-8-15-28)25-35(27(3)4)39(34)45-38-21-12-11-20-37(38)43-41(45)33-19-13-18-31-32-22-23-36(29-16-9-6-10-17-29)44-42(32)46-40(31)33;1-13(2)9-15-11-19(22-12-18(15)21(4,5)6)16-8-7-14(3)10-17(16)20;/h5-18,20-27H,1-4H3;7,10-13H,9H2,1-6H3;/q2*-1;/i;3D3;. The summed E-state index contributed by atoms with van der Waals surface area (Å²) in [6.07, 6.45) is 2.81. The Hall–Kier alpha value is -5.99. The molecule has 6 aromatic carbocycles. The summed E-state index contributed by atoms with van der Waals surface area (Å²) in [5.41, 5.74) is 14.2. The molecule has 4 aromatic heterocycles. The van der Waals surface area contributed by atoms with Gasteiger partial charge in [0.05, 0.1) is 28.1 Å². The summed E-state index contributed by atoms with van der Waals surface area (Å²) < 4.78 is 47.0. The van der Waals surface area contributed by atoms with E-state index in [4.69, 9.17) is 18.5 Å². The number of pyridine rings is 2. The fourth-order valence-corrected chi connectivity index (χ4v) is 12.5. The average Bonchev–Trinajstić information content (AvgIpc) is 3.92. The molecule has 10 aromatic rings. The van der Waals surface area contributed by atoms with E-state index in [1.807, 2.05) is 36.5 Å². The molecule has 351 valence electrons. The Labute approximate surface area is 427 Å². The van der Waals surface area contributed by atoms with Crippen molar-refractivity contribution in [2.45, 2.75) is 83.9 Å². The second kappa shape index (κ2) is 20.5. The third-order valence-electron chi connectivity index (χ3n) is 12.5. The van der Waals surface area contributed by atoms with Crippen molar-refractivity contribution >= 4 is 50.8 Å². The molecule has 0 aliphatic rings. The van der Waals surface area contributed by atoms with Gasteiger partial charge < -0.3 is 8.98 Å². The Balaban J connectivity index is 0.000000227. The van der Waals surface area contributed by atoms with Crippen LogP contribution in [0.3, 0.4) is 0 Å². The zero-order valence-electron chi connectivity index (χ0n) is 43.7. The molecular formula is C61H59FGeIrN4O-2. The SMILES string of the molecule is CC(C)c1cc(-c2ccccc2)cc(C(C)C)c1-n1c(-c2[c-]ccc3c2oc2nc(-c4ccccc4)ccc23)nc2ccccc21.[2H]C([2H])([2H])c1c[c-]c(-c2cc(CC(C)C)[c]([Ge]([CH3])([CH3])[CH3])cn2)c(F)c1.[Ir]. The zero-order chi connectivity index (χ0) is 50.4. The molecule has 10 rings (SSSR count). The van der Waals surface area contributed by atoms with Gasteiger partial charge >= 0.3 is 140 Å². The van der Waals surface area contributed by atoms with Crippen LogP contribution in [0.25, 0.3) is 83.8 Å². The minimum absolute atomic E-state index is 0. The maximum absolute atomic E-state index is 14.5. The summed E-state index contributed by atoms with van der Waals surface area (Å²) in [7, 11) is 0. The first-order chi connectivity index (χ1) is 33.9. The van der Waals surface area contributed by atoms with Crippen LogP contribution in [0.5, 0.6) is 0 Å². The van der Waals surface area contributed by atoms with Crippen LogP contribution in [-0.4, -0.2) is 32.8 Å². The van der Waals surface area contributed by atoms with E-state index in [9.17, 15) is 4.39 Å². The number of rotatable bonds is 10. The number of aromatic nitrogens is 4. The van der Waals surface area contributed by atoms with Crippen molar-refractivity contribution in [3.05, 3.63) is 186 Å². The molecule has 0 aliphatic carbocycles. The number of para-hydroxylation sites is 2. The number of hydrogen-bond acceptors (Lipinski definition) is 4. The molecule has 0 saturated heterocycles. The first-order valence-corrected chi connectivity index (χ1v) is 30.9. The smallest absolute Gasteiger partial charge is 0 e. The van der Waals surface area contributed by atoms with Gasteiger partial charge in [0.1, 0.15) is 0 Å². The number of aryl methyl sites for hydroxylation is 1. The van der Waals surface area contributed by atoms with Crippen LogP contribution >= 0.6 is 0 Å². The summed E-state index contributed by atoms with van der Waals surface area (Å²) in [6, 6.07) is 52.9. The van der Waals surface area contributed by atoms with Gasteiger partial charge in [0.15, 0.2) is 0 Å². The topological polar surface area (TPSA) is 56.7 Å². The summed E-state index contributed by atoms with van der Waals surface area (Å²) in [4.78, 5) is 14.7. The third-order valence-corrected chi connectivity index (χ3v) is 16.8. The fraction of sp³-hybridized carbons (Fsp3) is 0.230. The molecule has 0 atom stereocenters. The molecule has 0 bridgehead atoms. The van der Waals surface area contributed by atoms with Crippen molar-refractivity contribution in [3.63, 3.8) is 0 Å². The summed E-state index contributed by atoms with van der Waals surface area (Å²) in [5, 5.41) is 1.98. The first-order valence-electron chi connectivity index (χ1n) is 25.1. The van der Waals surface area contributed by atoms with Crippen molar-refractivity contribution in [1.82, 2.24) is 19.5 Å². The molecule has 0 saturated carbocycles. The van der Waals surface area contributed by atoms with Crippen LogP contribution in [0.2, 0.25) is 17.3 Å². The zero-order valence-corrected chi connectivity index (χ0v) is 45.2. The van der Waals surface area contributed by atoms with Gasteiger partial charge in [-0.15, -0.1) is 18.2 Å². The summed E-state index contributed by atoms with van der Waals surface area (Å²) in [6.45, 7) is 11.1. The molecule has 0 spiro atoms. The maximum atomic E-state index is 14.5. The van der Waals surface area contributed by atoms with Gasteiger partial charge in [-0.05, 0) is 70.5 Å². The second-order valence-electron chi connectivity index (χ2n) is 19.7. The van der Waals surface area contributed by atoms with E-state index in [0.717, 1.165) is 62.5 Å². The van der Waals surface area contributed by atoms with E-state index < -0.39 is 25.9 Å². The molecule has 0 fully saturated rings. The first kappa shape index (κ1) is 45.5. The van der Waals surface area contributed by atoms with Crippen LogP contribution in [0.4, 0.5) is 4.39 Å². The van der Waals surface area contributed by atoms with E-state index >= 15 is 0 Å². The van der Waals surface area contributed by atoms with Crippen LogP contribution < -0.4 is 4.40 Å². The number of fused-ring (bicyclic) bond motifs is 4. The summed E-state index contributed by atoms with van der Waals surface area (Å²) in [5.74, 6) is 8.21. The minimum Gasteiger partial charge on any atom is 0 e. The molecule has 0 aliphatic heterocycles. The van der Waals surface area contributed by atoms with Crippen LogP contribution in [0.15, 0.2) is 150 Å². The van der Waals surface area contributed by atoms with Crippen molar-refractivity contribution < 1.29 is 33.0 Å². The van der Waals surface area contributed by atoms with E-state index in [0.29, 0.717) is 17.3 Å². The number of hydrogen-bond donors (Lipinski definition) is 0. The molecule has 4 heterocycles. The Kier molecular flexibility index (Phi) is 13.5. The monoisotopic (exact) mass is 1150 g/mol. The molecule has 69 heavy (non-hydrogen) atoms. The van der Waals surface area contributed by atoms with Crippen LogP contribution in [0, 0.1) is 30.7 Å². The Morgan fingerprint density at radius 3 is 2.00 bits per heavy atom. The van der Waals surface area contributed by atoms with Crippen molar-refractivity contribution in [2.24, 2.45) is 5.92 Å². The van der Waals surface area contributed by atoms with E-state index in [1.165, 1.54) is 44.0 Å². The average molecular weight is 1150 g/mol.